The van der Waals surface area contributed by atoms with Crippen molar-refractivity contribution in [3.8, 4) is 0 Å². The molecular weight excluding hydrogens is 368 g/mol. The first-order valence-electron chi connectivity index (χ1n) is 9.82. The zero-order valence-electron chi connectivity index (χ0n) is 15.2. The highest BCUT2D eigenvalue weighted by Gasteiger charge is 2.40. The van der Waals surface area contributed by atoms with E-state index in [4.69, 9.17) is 0 Å². The van der Waals surface area contributed by atoms with Gasteiger partial charge < -0.3 is 4.90 Å². The topological polar surface area (TPSA) is 57.7 Å². The van der Waals surface area contributed by atoms with Gasteiger partial charge >= 0.3 is 0 Å². The van der Waals surface area contributed by atoms with Crippen LogP contribution < -0.4 is 0 Å². The summed E-state index contributed by atoms with van der Waals surface area (Å²) in [4.78, 5) is 18.9. The maximum absolute atomic E-state index is 13.3. The molecule has 26 heavy (non-hydrogen) atoms. The normalized spacial score (nSPS) is 29.4. The van der Waals surface area contributed by atoms with Crippen molar-refractivity contribution in [3.05, 3.63) is 22.4 Å². The number of hydrogen-bond donors (Lipinski definition) is 0. The van der Waals surface area contributed by atoms with Crippen molar-refractivity contribution in [1.29, 1.82) is 0 Å². The lowest BCUT2D eigenvalue weighted by Gasteiger charge is -2.36. The minimum absolute atomic E-state index is 0.113. The number of hydrogen-bond acceptors (Lipinski definition) is 5. The van der Waals surface area contributed by atoms with Crippen LogP contribution in [0.4, 0.5) is 0 Å². The van der Waals surface area contributed by atoms with Crippen molar-refractivity contribution >= 4 is 27.1 Å². The maximum atomic E-state index is 13.3. The van der Waals surface area contributed by atoms with Crippen molar-refractivity contribution in [2.75, 3.05) is 24.6 Å². The number of likely N-dealkylation sites (tertiary alicyclic amines) is 1. The molecule has 1 aromatic rings. The van der Waals surface area contributed by atoms with Gasteiger partial charge in [0.15, 0.2) is 9.84 Å². The summed E-state index contributed by atoms with van der Waals surface area (Å²) in [5.41, 5.74) is 0. The van der Waals surface area contributed by atoms with E-state index in [2.05, 4.69) is 22.4 Å². The summed E-state index contributed by atoms with van der Waals surface area (Å²) in [6.45, 7) is 1.38. The molecule has 2 atom stereocenters. The van der Waals surface area contributed by atoms with Gasteiger partial charge in [-0.1, -0.05) is 18.9 Å². The molecule has 144 valence electrons. The van der Waals surface area contributed by atoms with E-state index in [1.54, 1.807) is 11.3 Å². The second-order valence-corrected chi connectivity index (χ2v) is 11.1. The molecular formula is C19H28N2O3S2. The van der Waals surface area contributed by atoms with E-state index in [0.717, 1.165) is 45.1 Å². The summed E-state index contributed by atoms with van der Waals surface area (Å²) in [5.74, 6) is 0.529. The van der Waals surface area contributed by atoms with Crippen LogP contribution >= 0.6 is 11.3 Å². The van der Waals surface area contributed by atoms with Crippen molar-refractivity contribution in [3.63, 3.8) is 0 Å². The molecule has 0 spiro atoms. The zero-order chi connectivity index (χ0) is 18.1. The largest absolute Gasteiger partial charge is 0.335 e. The molecule has 2 aliphatic heterocycles. The van der Waals surface area contributed by atoms with E-state index >= 15 is 0 Å². The number of thiophene rings is 1. The fourth-order valence-corrected chi connectivity index (χ4v) is 7.56. The zero-order valence-corrected chi connectivity index (χ0v) is 16.8. The second-order valence-electron chi connectivity index (χ2n) is 7.94. The first-order valence-corrected chi connectivity index (χ1v) is 12.5. The van der Waals surface area contributed by atoms with Gasteiger partial charge in [0.05, 0.1) is 18.1 Å². The van der Waals surface area contributed by atoms with Gasteiger partial charge in [0.1, 0.15) is 0 Å². The Morgan fingerprint density at radius 3 is 2.62 bits per heavy atom. The van der Waals surface area contributed by atoms with E-state index in [9.17, 15) is 13.2 Å². The monoisotopic (exact) mass is 396 g/mol. The Labute approximate surface area is 160 Å². The van der Waals surface area contributed by atoms with Gasteiger partial charge in [-0.15, -0.1) is 11.3 Å². The molecule has 3 heterocycles. The van der Waals surface area contributed by atoms with Gasteiger partial charge in [-0.3, -0.25) is 9.69 Å². The van der Waals surface area contributed by atoms with E-state index in [1.807, 2.05) is 4.90 Å². The maximum Gasteiger partial charge on any atom is 0.237 e. The summed E-state index contributed by atoms with van der Waals surface area (Å²) >= 11 is 1.76. The van der Waals surface area contributed by atoms with Crippen LogP contribution in [0.3, 0.4) is 0 Å². The third kappa shape index (κ3) is 3.85. The van der Waals surface area contributed by atoms with Crippen LogP contribution in [0, 0.1) is 0 Å². The van der Waals surface area contributed by atoms with Gasteiger partial charge in [-0.05, 0) is 50.1 Å². The Morgan fingerprint density at radius 1 is 1.15 bits per heavy atom. The third-order valence-corrected chi connectivity index (χ3v) is 8.91. The molecule has 0 unspecified atom stereocenters. The van der Waals surface area contributed by atoms with Crippen molar-refractivity contribution in [2.45, 2.75) is 63.1 Å². The van der Waals surface area contributed by atoms with Crippen LogP contribution in [-0.4, -0.2) is 60.8 Å². The van der Waals surface area contributed by atoms with Crippen molar-refractivity contribution < 1.29 is 13.2 Å². The lowest BCUT2D eigenvalue weighted by molar-refractivity contribution is -0.137. The number of amides is 1. The predicted octanol–water partition coefficient (Wildman–Crippen LogP) is 2.84. The van der Waals surface area contributed by atoms with Crippen LogP contribution in [0.5, 0.6) is 0 Å². The number of rotatable bonds is 5. The minimum atomic E-state index is -2.98. The summed E-state index contributed by atoms with van der Waals surface area (Å²) < 4.78 is 24.0. The highest BCUT2D eigenvalue weighted by atomic mass is 32.2. The Hall–Kier alpha value is -0.920. The molecule has 1 aromatic heterocycles. The summed E-state index contributed by atoms with van der Waals surface area (Å²) in [5, 5.41) is 2.10. The van der Waals surface area contributed by atoms with Crippen LogP contribution in [-0.2, 0) is 14.6 Å². The Balaban J connectivity index is 1.49. The molecule has 4 rings (SSSR count). The number of nitrogens with zero attached hydrogens (tertiary/aromatic N) is 2. The molecule has 0 radical (unpaired) electrons. The lowest BCUT2D eigenvalue weighted by atomic mass is 10.1. The fourth-order valence-electron chi connectivity index (χ4n) is 4.96. The number of carbonyl (C=O) groups is 1. The summed E-state index contributed by atoms with van der Waals surface area (Å²) in [6, 6.07) is 4.71. The van der Waals surface area contributed by atoms with Gasteiger partial charge in [0.2, 0.25) is 5.91 Å². The van der Waals surface area contributed by atoms with E-state index in [1.165, 1.54) is 4.88 Å². The van der Waals surface area contributed by atoms with Crippen LogP contribution in [0.2, 0.25) is 0 Å². The van der Waals surface area contributed by atoms with E-state index in [0.29, 0.717) is 19.0 Å². The SMILES string of the molecule is O=C(CN1CCC[C@@H]1c1cccs1)N(C1CCCC1)[C@@H]1CCS(=O)(=O)C1. The molecule has 1 amide bonds. The molecule has 3 aliphatic rings. The van der Waals surface area contributed by atoms with Crippen molar-refractivity contribution in [1.82, 2.24) is 9.80 Å². The summed E-state index contributed by atoms with van der Waals surface area (Å²) in [6.07, 6.45) is 7.18. The third-order valence-electron chi connectivity index (χ3n) is 6.18. The molecule has 0 N–H and O–H groups in total. The van der Waals surface area contributed by atoms with Crippen LogP contribution in [0.15, 0.2) is 17.5 Å². The Kier molecular flexibility index (Phi) is 5.39. The standard InChI is InChI=1S/C19H28N2O3S2/c22-19(13-20-10-3-7-17(20)18-8-4-11-25-18)21(15-5-1-2-6-15)16-9-12-26(23,24)14-16/h4,8,11,15-17H,1-3,5-7,9-10,12-14H2/t16-,17-/m1/s1. The first-order chi connectivity index (χ1) is 12.5. The highest BCUT2D eigenvalue weighted by Crippen LogP contribution is 2.35. The Bertz CT molecular complexity index is 726. The lowest BCUT2D eigenvalue weighted by Crippen LogP contribution is -2.50. The number of sulfone groups is 1. The average molecular weight is 397 g/mol. The fraction of sp³-hybridized carbons (Fsp3) is 0.737. The molecule has 7 heteroatoms. The Morgan fingerprint density at radius 2 is 1.96 bits per heavy atom. The molecule has 2 saturated heterocycles. The predicted molar refractivity (Wildman–Crippen MR) is 104 cm³/mol. The first kappa shape index (κ1) is 18.4. The molecule has 1 saturated carbocycles. The van der Waals surface area contributed by atoms with E-state index in [-0.39, 0.29) is 29.5 Å². The molecule has 5 nitrogen and oxygen atoms in total. The molecule has 1 aliphatic carbocycles. The van der Waals surface area contributed by atoms with Gasteiger partial charge in [0, 0.05) is 23.0 Å². The van der Waals surface area contributed by atoms with Crippen molar-refractivity contribution in [2.24, 2.45) is 0 Å². The van der Waals surface area contributed by atoms with Crippen LogP contribution in [0.25, 0.3) is 0 Å². The molecule has 0 aromatic carbocycles. The molecule has 0 bridgehead atoms. The minimum Gasteiger partial charge on any atom is -0.335 e. The quantitative estimate of drug-likeness (QED) is 0.768. The molecule has 3 fully saturated rings. The van der Waals surface area contributed by atoms with Gasteiger partial charge in [0.25, 0.3) is 0 Å². The van der Waals surface area contributed by atoms with Crippen LogP contribution in [0.1, 0.15) is 55.9 Å². The van der Waals surface area contributed by atoms with E-state index < -0.39 is 9.84 Å². The van der Waals surface area contributed by atoms with Gasteiger partial charge in [-0.25, -0.2) is 8.42 Å². The average Bonchev–Trinajstić information content (AvgIpc) is 3.34. The number of carbonyl (C=O) groups excluding carboxylic acids is 1. The van der Waals surface area contributed by atoms with Gasteiger partial charge in [-0.2, -0.15) is 0 Å². The summed E-state index contributed by atoms with van der Waals surface area (Å²) in [7, 11) is -2.98. The smallest absolute Gasteiger partial charge is 0.237 e. The second kappa shape index (κ2) is 7.60. The highest BCUT2D eigenvalue weighted by molar-refractivity contribution is 7.91.